The van der Waals surface area contributed by atoms with E-state index in [1.54, 1.807) is 0 Å². The van der Waals surface area contributed by atoms with Crippen LogP contribution >= 0.6 is 0 Å². The highest BCUT2D eigenvalue weighted by molar-refractivity contribution is 5.91. The van der Waals surface area contributed by atoms with Gasteiger partial charge in [0.1, 0.15) is 12.1 Å². The quantitative estimate of drug-likeness (QED) is 0.788. The second-order valence-corrected chi connectivity index (χ2v) is 4.70. The fraction of sp³-hybridized carbons (Fsp3) is 0.429. The minimum absolute atomic E-state index is 0.137. The molecule has 2 unspecified atom stereocenters. The Morgan fingerprint density at radius 2 is 2.20 bits per heavy atom. The maximum atomic E-state index is 12.4. The van der Waals surface area contributed by atoms with E-state index in [9.17, 15) is 9.59 Å². The number of hydrogen-bond donors (Lipinski definition) is 2. The molecule has 1 saturated heterocycles. The van der Waals surface area contributed by atoms with Gasteiger partial charge in [-0.15, -0.1) is 0 Å². The molecule has 0 radical (unpaired) electrons. The third-order valence-electron chi connectivity index (χ3n) is 3.27. The number of nitrogens with two attached hydrogens (primary N) is 1. The van der Waals surface area contributed by atoms with Gasteiger partial charge in [-0.1, -0.05) is 30.3 Å². The van der Waals surface area contributed by atoms with Crippen molar-refractivity contribution >= 4 is 11.8 Å². The molecule has 1 fully saturated rings. The van der Waals surface area contributed by atoms with Gasteiger partial charge in [0.05, 0.1) is 6.61 Å². The zero-order valence-corrected chi connectivity index (χ0v) is 11.4. The second-order valence-electron chi connectivity index (χ2n) is 4.70. The van der Waals surface area contributed by atoms with Gasteiger partial charge in [0.25, 0.3) is 0 Å². The Kier molecular flexibility index (Phi) is 4.70. The number of nitrogens with one attached hydrogen (secondary N) is 1. The molecular formula is C14H19N3O3. The molecule has 3 N–H and O–H groups in total. The predicted octanol–water partition coefficient (Wildman–Crippen LogP) is -0.340. The summed E-state index contributed by atoms with van der Waals surface area (Å²) >= 11 is 0. The van der Waals surface area contributed by atoms with E-state index in [0.29, 0.717) is 13.1 Å². The number of amides is 2. The lowest BCUT2D eigenvalue weighted by atomic mass is 10.0. The lowest BCUT2D eigenvalue weighted by Gasteiger charge is -2.36. The number of ether oxygens (including phenoxy) is 1. The van der Waals surface area contributed by atoms with Crippen LogP contribution in [0.15, 0.2) is 30.3 Å². The van der Waals surface area contributed by atoms with Crippen LogP contribution in [-0.2, 0) is 14.3 Å². The fourth-order valence-corrected chi connectivity index (χ4v) is 2.33. The summed E-state index contributed by atoms with van der Waals surface area (Å²) < 4.78 is 4.91. The zero-order valence-electron chi connectivity index (χ0n) is 11.4. The van der Waals surface area contributed by atoms with Crippen LogP contribution in [-0.4, -0.2) is 49.6 Å². The highest BCUT2D eigenvalue weighted by atomic mass is 16.5. The Hall–Kier alpha value is -1.92. The summed E-state index contributed by atoms with van der Waals surface area (Å²) in [7, 11) is 1.49. The van der Waals surface area contributed by atoms with Gasteiger partial charge in [0, 0.05) is 20.2 Å². The SMILES string of the molecule is COCC(N)C(=O)N1CCNC(=O)C1c1ccccc1. The van der Waals surface area contributed by atoms with E-state index >= 15 is 0 Å². The molecule has 0 aromatic heterocycles. The van der Waals surface area contributed by atoms with E-state index in [1.807, 2.05) is 30.3 Å². The first kappa shape index (κ1) is 14.5. The molecule has 1 aromatic carbocycles. The molecule has 1 aliphatic heterocycles. The van der Waals surface area contributed by atoms with Crippen molar-refractivity contribution in [1.29, 1.82) is 0 Å². The highest BCUT2D eigenvalue weighted by Gasteiger charge is 2.36. The van der Waals surface area contributed by atoms with Crippen molar-refractivity contribution in [2.75, 3.05) is 26.8 Å². The monoisotopic (exact) mass is 277 g/mol. The number of methoxy groups -OCH3 is 1. The summed E-state index contributed by atoms with van der Waals surface area (Å²) in [5.41, 5.74) is 6.58. The molecule has 1 aromatic rings. The van der Waals surface area contributed by atoms with Crippen molar-refractivity contribution in [3.63, 3.8) is 0 Å². The fourth-order valence-electron chi connectivity index (χ4n) is 2.33. The molecule has 20 heavy (non-hydrogen) atoms. The van der Waals surface area contributed by atoms with E-state index in [4.69, 9.17) is 10.5 Å². The predicted molar refractivity (Wildman–Crippen MR) is 73.8 cm³/mol. The Labute approximate surface area is 117 Å². The van der Waals surface area contributed by atoms with Crippen molar-refractivity contribution in [2.45, 2.75) is 12.1 Å². The van der Waals surface area contributed by atoms with Crippen LogP contribution in [0.25, 0.3) is 0 Å². The van der Waals surface area contributed by atoms with Crippen LogP contribution in [0.4, 0.5) is 0 Å². The van der Waals surface area contributed by atoms with Gasteiger partial charge in [-0.2, -0.15) is 0 Å². The van der Waals surface area contributed by atoms with Gasteiger partial charge in [-0.05, 0) is 5.56 Å². The normalized spacial score (nSPS) is 20.4. The van der Waals surface area contributed by atoms with Crippen molar-refractivity contribution in [3.8, 4) is 0 Å². The van der Waals surface area contributed by atoms with Crippen molar-refractivity contribution in [3.05, 3.63) is 35.9 Å². The average molecular weight is 277 g/mol. The molecule has 2 atom stereocenters. The molecule has 1 aliphatic rings. The molecule has 6 heteroatoms. The molecule has 2 rings (SSSR count). The second kappa shape index (κ2) is 6.49. The van der Waals surface area contributed by atoms with Crippen molar-refractivity contribution in [2.24, 2.45) is 5.73 Å². The van der Waals surface area contributed by atoms with Crippen LogP contribution in [0.5, 0.6) is 0 Å². The number of nitrogens with zero attached hydrogens (tertiary/aromatic N) is 1. The van der Waals surface area contributed by atoms with Crippen LogP contribution in [0.2, 0.25) is 0 Å². The van der Waals surface area contributed by atoms with Crippen molar-refractivity contribution in [1.82, 2.24) is 10.2 Å². The van der Waals surface area contributed by atoms with Crippen LogP contribution in [0.1, 0.15) is 11.6 Å². The third kappa shape index (κ3) is 2.97. The van der Waals surface area contributed by atoms with Gasteiger partial charge >= 0.3 is 0 Å². The summed E-state index contributed by atoms with van der Waals surface area (Å²) in [5, 5.41) is 2.78. The van der Waals surface area contributed by atoms with E-state index < -0.39 is 12.1 Å². The Balaban J connectivity index is 2.25. The number of hydrogen-bond acceptors (Lipinski definition) is 4. The van der Waals surface area contributed by atoms with E-state index in [2.05, 4.69) is 5.32 Å². The first-order valence-electron chi connectivity index (χ1n) is 6.53. The maximum Gasteiger partial charge on any atom is 0.247 e. The standard InChI is InChI=1S/C14H19N3O3/c1-20-9-11(15)14(19)17-8-7-16-13(18)12(17)10-5-3-2-4-6-10/h2-6,11-12H,7-9,15H2,1H3,(H,16,18). The van der Waals surface area contributed by atoms with E-state index in [0.717, 1.165) is 5.56 Å². The molecule has 108 valence electrons. The topological polar surface area (TPSA) is 84.7 Å². The molecule has 0 aliphatic carbocycles. The average Bonchev–Trinajstić information content (AvgIpc) is 2.47. The molecule has 0 spiro atoms. The first-order valence-corrected chi connectivity index (χ1v) is 6.53. The number of rotatable bonds is 4. The van der Waals surface area contributed by atoms with Gasteiger partial charge in [0.15, 0.2) is 0 Å². The Bertz CT molecular complexity index is 478. The van der Waals surface area contributed by atoms with E-state index in [1.165, 1.54) is 12.0 Å². The minimum atomic E-state index is -0.753. The van der Waals surface area contributed by atoms with Crippen LogP contribution < -0.4 is 11.1 Å². The van der Waals surface area contributed by atoms with Gasteiger partial charge in [0.2, 0.25) is 11.8 Å². The largest absolute Gasteiger partial charge is 0.383 e. The summed E-state index contributed by atoms with van der Waals surface area (Å²) in [6.45, 7) is 1.02. The molecule has 0 saturated carbocycles. The van der Waals surface area contributed by atoms with Gasteiger partial charge in [-0.3, -0.25) is 9.59 Å². The molecule has 1 heterocycles. The lowest BCUT2D eigenvalue weighted by molar-refractivity contribution is -0.145. The Morgan fingerprint density at radius 1 is 1.50 bits per heavy atom. The van der Waals surface area contributed by atoms with E-state index in [-0.39, 0.29) is 18.4 Å². The summed E-state index contributed by atoms with van der Waals surface area (Å²) in [4.78, 5) is 26.0. The first-order chi connectivity index (χ1) is 9.65. The third-order valence-corrected chi connectivity index (χ3v) is 3.27. The number of carbonyl (C=O) groups excluding carboxylic acids is 2. The number of carbonyl (C=O) groups is 2. The molecule has 6 nitrogen and oxygen atoms in total. The van der Waals surface area contributed by atoms with Crippen LogP contribution in [0, 0.1) is 0 Å². The van der Waals surface area contributed by atoms with Gasteiger partial charge < -0.3 is 20.7 Å². The highest BCUT2D eigenvalue weighted by Crippen LogP contribution is 2.23. The number of piperazine rings is 1. The zero-order chi connectivity index (χ0) is 14.5. The lowest BCUT2D eigenvalue weighted by Crippen LogP contribution is -2.56. The summed E-state index contributed by atoms with van der Waals surface area (Å²) in [6, 6.07) is 7.84. The summed E-state index contributed by atoms with van der Waals surface area (Å²) in [5.74, 6) is -0.448. The molecular weight excluding hydrogens is 258 g/mol. The minimum Gasteiger partial charge on any atom is -0.383 e. The maximum absolute atomic E-state index is 12.4. The summed E-state index contributed by atoms with van der Waals surface area (Å²) in [6.07, 6.45) is 0. The molecule has 0 bridgehead atoms. The Morgan fingerprint density at radius 3 is 2.85 bits per heavy atom. The molecule has 2 amide bonds. The van der Waals surface area contributed by atoms with Gasteiger partial charge in [-0.25, -0.2) is 0 Å². The van der Waals surface area contributed by atoms with Crippen LogP contribution in [0.3, 0.4) is 0 Å². The van der Waals surface area contributed by atoms with Crippen molar-refractivity contribution < 1.29 is 14.3 Å². The smallest absolute Gasteiger partial charge is 0.247 e. The number of benzene rings is 1.